The molecule has 156 valence electrons. The molecule has 0 aromatic heterocycles. The lowest BCUT2D eigenvalue weighted by molar-refractivity contribution is 0.0162. The first kappa shape index (κ1) is 21.7. The molecule has 3 rings (SSSR count). The minimum atomic E-state index is -0.229. The maximum atomic E-state index is 12.7. The van der Waals surface area contributed by atoms with Crippen LogP contribution in [0.3, 0.4) is 0 Å². The Morgan fingerprint density at radius 3 is 2.34 bits per heavy atom. The van der Waals surface area contributed by atoms with Crippen molar-refractivity contribution in [1.29, 1.82) is 0 Å². The molecule has 0 saturated carbocycles. The summed E-state index contributed by atoms with van der Waals surface area (Å²) < 4.78 is 16.3. The van der Waals surface area contributed by atoms with Gasteiger partial charge >= 0.3 is 0 Å². The first-order valence-electron chi connectivity index (χ1n) is 9.30. The topological polar surface area (TPSA) is 60.0 Å². The smallest absolute Gasteiger partial charge is 0.251 e. The fourth-order valence-corrected chi connectivity index (χ4v) is 3.91. The molecule has 1 heterocycles. The molecule has 29 heavy (non-hydrogen) atoms. The van der Waals surface area contributed by atoms with E-state index < -0.39 is 0 Å². The molecule has 0 radical (unpaired) electrons. The van der Waals surface area contributed by atoms with Crippen LogP contribution in [0, 0.1) is 0 Å². The number of rotatable bonds is 7. The van der Waals surface area contributed by atoms with Crippen LogP contribution in [0.1, 0.15) is 22.0 Å². The number of nitrogens with one attached hydrogen (secondary N) is 1. The minimum Gasteiger partial charge on any atom is -0.493 e. The van der Waals surface area contributed by atoms with Crippen molar-refractivity contribution in [3.8, 4) is 11.5 Å². The molecule has 8 heteroatoms. The van der Waals surface area contributed by atoms with Gasteiger partial charge in [-0.2, -0.15) is 0 Å². The van der Waals surface area contributed by atoms with Gasteiger partial charge in [0.2, 0.25) is 0 Å². The van der Waals surface area contributed by atoms with Gasteiger partial charge in [-0.3, -0.25) is 9.69 Å². The molecule has 0 spiro atoms. The van der Waals surface area contributed by atoms with Gasteiger partial charge in [-0.05, 0) is 35.9 Å². The normalized spacial score (nSPS) is 15.6. The molecule has 1 unspecified atom stereocenters. The zero-order valence-electron chi connectivity index (χ0n) is 16.4. The van der Waals surface area contributed by atoms with Gasteiger partial charge in [0.1, 0.15) is 0 Å². The molecule has 2 aromatic carbocycles. The van der Waals surface area contributed by atoms with Crippen molar-refractivity contribution >= 4 is 29.1 Å². The standard InChI is InChI=1S/C21H24Cl2N2O4/c1-27-19-4-3-14(11-20(19)28-2)18(25-5-7-29-8-6-25)13-24-21(26)15-9-16(22)12-17(23)10-15/h3-4,9-12,18H,5-8,13H2,1-2H3,(H,24,26). The summed E-state index contributed by atoms with van der Waals surface area (Å²) in [7, 11) is 3.21. The second-order valence-electron chi connectivity index (χ2n) is 6.65. The molecule has 6 nitrogen and oxygen atoms in total. The zero-order chi connectivity index (χ0) is 20.8. The Bertz CT molecular complexity index is 836. The van der Waals surface area contributed by atoms with Crippen LogP contribution in [0.5, 0.6) is 11.5 Å². The third-order valence-corrected chi connectivity index (χ3v) is 5.30. The van der Waals surface area contributed by atoms with Crippen LogP contribution in [0.2, 0.25) is 10.0 Å². The van der Waals surface area contributed by atoms with E-state index >= 15 is 0 Å². The molecule has 1 aliphatic rings. The summed E-state index contributed by atoms with van der Waals surface area (Å²) in [6.07, 6.45) is 0. The number of carbonyl (C=O) groups excluding carboxylic acids is 1. The van der Waals surface area contributed by atoms with Gasteiger partial charge in [0.25, 0.3) is 5.91 Å². The number of ether oxygens (including phenoxy) is 3. The Hall–Kier alpha value is -1.99. The Morgan fingerprint density at radius 1 is 1.07 bits per heavy atom. The first-order chi connectivity index (χ1) is 14.0. The van der Waals surface area contributed by atoms with Gasteiger partial charge in [-0.25, -0.2) is 0 Å². The van der Waals surface area contributed by atoms with Crippen molar-refractivity contribution in [3.05, 3.63) is 57.6 Å². The highest BCUT2D eigenvalue weighted by molar-refractivity contribution is 6.35. The number of benzene rings is 2. The molecule has 1 saturated heterocycles. The van der Waals surface area contributed by atoms with E-state index in [1.54, 1.807) is 32.4 Å². The largest absolute Gasteiger partial charge is 0.493 e. The van der Waals surface area contributed by atoms with Crippen LogP contribution < -0.4 is 14.8 Å². The van der Waals surface area contributed by atoms with E-state index in [4.69, 9.17) is 37.4 Å². The number of amides is 1. The monoisotopic (exact) mass is 438 g/mol. The highest BCUT2D eigenvalue weighted by atomic mass is 35.5. The zero-order valence-corrected chi connectivity index (χ0v) is 17.9. The van der Waals surface area contributed by atoms with E-state index in [-0.39, 0.29) is 11.9 Å². The third-order valence-electron chi connectivity index (χ3n) is 4.86. The van der Waals surface area contributed by atoms with Crippen LogP contribution in [-0.2, 0) is 4.74 Å². The van der Waals surface area contributed by atoms with E-state index in [2.05, 4.69) is 10.2 Å². The number of hydrogen-bond acceptors (Lipinski definition) is 5. The van der Waals surface area contributed by atoms with Crippen LogP contribution >= 0.6 is 23.2 Å². The molecule has 0 aliphatic carbocycles. The van der Waals surface area contributed by atoms with Gasteiger partial charge in [0.15, 0.2) is 11.5 Å². The number of hydrogen-bond donors (Lipinski definition) is 1. The molecule has 1 fully saturated rings. The predicted octanol–water partition coefficient (Wildman–Crippen LogP) is 3.81. The molecular formula is C21H24Cl2N2O4. The van der Waals surface area contributed by atoms with Gasteiger partial charge in [0, 0.05) is 35.2 Å². The van der Waals surface area contributed by atoms with Crippen molar-refractivity contribution in [2.24, 2.45) is 0 Å². The average Bonchev–Trinajstić information content (AvgIpc) is 2.73. The van der Waals surface area contributed by atoms with Crippen LogP contribution in [0.15, 0.2) is 36.4 Å². The average molecular weight is 439 g/mol. The maximum absolute atomic E-state index is 12.7. The number of halogens is 2. The van der Waals surface area contributed by atoms with Crippen LogP contribution in [-0.4, -0.2) is 57.9 Å². The third kappa shape index (κ3) is 5.54. The van der Waals surface area contributed by atoms with E-state index in [0.717, 1.165) is 18.7 Å². The van der Waals surface area contributed by atoms with Gasteiger partial charge in [0.05, 0.1) is 33.5 Å². The van der Waals surface area contributed by atoms with Gasteiger partial charge in [-0.1, -0.05) is 29.3 Å². The minimum absolute atomic E-state index is 0.0442. The number of methoxy groups -OCH3 is 2. The van der Waals surface area contributed by atoms with Crippen LogP contribution in [0.4, 0.5) is 0 Å². The lowest BCUT2D eigenvalue weighted by Crippen LogP contribution is -2.43. The Kier molecular flexibility index (Phi) is 7.61. The summed E-state index contributed by atoms with van der Waals surface area (Å²) in [4.78, 5) is 15.0. The fourth-order valence-electron chi connectivity index (χ4n) is 3.38. The molecule has 2 aromatic rings. The predicted molar refractivity (Wildman–Crippen MR) is 113 cm³/mol. The fraction of sp³-hybridized carbons (Fsp3) is 0.381. The molecular weight excluding hydrogens is 415 g/mol. The second kappa shape index (κ2) is 10.2. The molecule has 1 aliphatic heterocycles. The summed E-state index contributed by atoms with van der Waals surface area (Å²) in [5, 5.41) is 3.85. The first-order valence-corrected chi connectivity index (χ1v) is 10.1. The van der Waals surface area contributed by atoms with E-state index in [1.165, 1.54) is 0 Å². The number of nitrogens with zero attached hydrogens (tertiary/aromatic N) is 1. The maximum Gasteiger partial charge on any atom is 0.251 e. The molecule has 1 atom stereocenters. The van der Waals surface area contributed by atoms with Crippen molar-refractivity contribution in [1.82, 2.24) is 10.2 Å². The Morgan fingerprint density at radius 2 is 1.72 bits per heavy atom. The summed E-state index contributed by atoms with van der Waals surface area (Å²) in [5.41, 5.74) is 1.45. The number of morpholine rings is 1. The lowest BCUT2D eigenvalue weighted by atomic mass is 10.0. The van der Waals surface area contributed by atoms with Crippen molar-refractivity contribution < 1.29 is 19.0 Å². The summed E-state index contributed by atoms with van der Waals surface area (Å²) >= 11 is 12.0. The summed E-state index contributed by atoms with van der Waals surface area (Å²) in [6.45, 7) is 3.28. The second-order valence-corrected chi connectivity index (χ2v) is 7.52. The summed E-state index contributed by atoms with van der Waals surface area (Å²) in [5.74, 6) is 1.08. The van der Waals surface area contributed by atoms with E-state index in [1.807, 2.05) is 18.2 Å². The number of carbonyl (C=O) groups is 1. The Balaban J connectivity index is 1.81. The summed E-state index contributed by atoms with van der Waals surface area (Å²) in [6, 6.07) is 10.6. The molecule has 1 N–H and O–H groups in total. The molecule has 0 bridgehead atoms. The van der Waals surface area contributed by atoms with Gasteiger partial charge < -0.3 is 19.5 Å². The van der Waals surface area contributed by atoms with Gasteiger partial charge in [-0.15, -0.1) is 0 Å². The van der Waals surface area contributed by atoms with Crippen molar-refractivity contribution in [2.45, 2.75) is 6.04 Å². The van der Waals surface area contributed by atoms with Crippen molar-refractivity contribution in [3.63, 3.8) is 0 Å². The molecule has 1 amide bonds. The van der Waals surface area contributed by atoms with Crippen LogP contribution in [0.25, 0.3) is 0 Å². The van der Waals surface area contributed by atoms with Crippen molar-refractivity contribution in [2.75, 3.05) is 47.1 Å². The highest BCUT2D eigenvalue weighted by Crippen LogP contribution is 2.32. The quantitative estimate of drug-likeness (QED) is 0.711. The van der Waals surface area contributed by atoms with E-state index in [0.29, 0.717) is 46.9 Å². The lowest BCUT2D eigenvalue weighted by Gasteiger charge is -2.35. The van der Waals surface area contributed by atoms with E-state index in [9.17, 15) is 4.79 Å². The Labute approximate surface area is 180 Å². The SMILES string of the molecule is COc1ccc(C(CNC(=O)c2cc(Cl)cc(Cl)c2)N2CCOCC2)cc1OC. The highest BCUT2D eigenvalue weighted by Gasteiger charge is 2.24.